The number of ether oxygens (including phenoxy) is 1. The largest absolute Gasteiger partial charge is 0.381 e. The van der Waals surface area contributed by atoms with Crippen LogP contribution in [-0.4, -0.2) is 49.7 Å². The highest BCUT2D eigenvalue weighted by molar-refractivity contribution is 5.81. The molecule has 0 radical (unpaired) electrons. The van der Waals surface area contributed by atoms with Crippen LogP contribution in [-0.2, 0) is 9.53 Å². The van der Waals surface area contributed by atoms with E-state index in [0.29, 0.717) is 38.5 Å². The molecule has 1 aliphatic heterocycles. The average molecular weight is 279 g/mol. The molecule has 1 saturated heterocycles. The first-order valence-electron chi connectivity index (χ1n) is 6.65. The average Bonchev–Trinajstić information content (AvgIpc) is 2.46. The number of carbonyl (C=O) groups excluding carboxylic acids is 1. The molecule has 110 valence electrons. The molecule has 2 rings (SSSR count). The van der Waals surface area contributed by atoms with Crippen molar-refractivity contribution in [3.8, 4) is 0 Å². The first kappa shape index (κ1) is 14.5. The number of rotatable bonds is 5. The summed E-state index contributed by atoms with van der Waals surface area (Å²) in [5.41, 5.74) is 4.99. The van der Waals surface area contributed by atoms with E-state index in [4.69, 9.17) is 10.5 Å². The molecular formula is C13H21N5O2. The summed E-state index contributed by atoms with van der Waals surface area (Å²) in [5, 5.41) is 3.13. The van der Waals surface area contributed by atoms with Crippen molar-refractivity contribution in [1.29, 1.82) is 0 Å². The zero-order valence-corrected chi connectivity index (χ0v) is 11.9. The number of carbonyl (C=O) groups is 1. The Morgan fingerprint density at radius 3 is 2.80 bits per heavy atom. The van der Waals surface area contributed by atoms with E-state index in [1.165, 1.54) is 0 Å². The molecule has 0 atom stereocenters. The number of nitrogens with zero attached hydrogens (tertiary/aromatic N) is 3. The minimum absolute atomic E-state index is 0.294. The van der Waals surface area contributed by atoms with E-state index in [1.54, 1.807) is 6.20 Å². The molecule has 7 heteroatoms. The van der Waals surface area contributed by atoms with Crippen molar-refractivity contribution in [3.63, 3.8) is 0 Å². The molecule has 0 spiro atoms. The maximum atomic E-state index is 11.8. The van der Waals surface area contributed by atoms with E-state index in [0.717, 1.165) is 5.82 Å². The van der Waals surface area contributed by atoms with Crippen molar-refractivity contribution in [2.75, 3.05) is 44.1 Å². The van der Waals surface area contributed by atoms with E-state index in [1.807, 2.05) is 25.1 Å². The second-order valence-corrected chi connectivity index (χ2v) is 5.24. The van der Waals surface area contributed by atoms with Gasteiger partial charge in [0.2, 0.25) is 11.9 Å². The molecule has 0 aliphatic carbocycles. The minimum atomic E-state index is -0.574. The summed E-state index contributed by atoms with van der Waals surface area (Å²) in [7, 11) is 3.82. The van der Waals surface area contributed by atoms with Gasteiger partial charge in [0, 0.05) is 40.1 Å². The van der Waals surface area contributed by atoms with Crippen molar-refractivity contribution in [1.82, 2.24) is 9.97 Å². The van der Waals surface area contributed by atoms with Crippen LogP contribution in [0.15, 0.2) is 12.3 Å². The lowest BCUT2D eigenvalue weighted by Crippen LogP contribution is -2.46. The SMILES string of the molecule is CN(C)c1ccnc(NCC2(C(N)=O)CCOCC2)n1. The van der Waals surface area contributed by atoms with Crippen molar-refractivity contribution in [3.05, 3.63) is 12.3 Å². The van der Waals surface area contributed by atoms with Gasteiger partial charge in [0.15, 0.2) is 0 Å². The molecule has 0 bridgehead atoms. The lowest BCUT2D eigenvalue weighted by Gasteiger charge is -2.34. The third-order valence-corrected chi connectivity index (χ3v) is 3.66. The maximum Gasteiger partial charge on any atom is 0.225 e. The Labute approximate surface area is 118 Å². The molecule has 0 aromatic carbocycles. The molecule has 1 amide bonds. The van der Waals surface area contributed by atoms with Crippen LogP contribution in [0.25, 0.3) is 0 Å². The number of amides is 1. The summed E-state index contributed by atoms with van der Waals surface area (Å²) in [4.78, 5) is 22.2. The van der Waals surface area contributed by atoms with Gasteiger partial charge in [-0.2, -0.15) is 4.98 Å². The Balaban J connectivity index is 2.06. The predicted octanol–water partition coefficient (Wildman–Crippen LogP) is 0.237. The van der Waals surface area contributed by atoms with E-state index in [2.05, 4.69) is 15.3 Å². The van der Waals surface area contributed by atoms with E-state index < -0.39 is 5.41 Å². The van der Waals surface area contributed by atoms with Crippen LogP contribution in [0.3, 0.4) is 0 Å². The van der Waals surface area contributed by atoms with Gasteiger partial charge in [0.05, 0.1) is 5.41 Å². The first-order valence-corrected chi connectivity index (χ1v) is 6.65. The second kappa shape index (κ2) is 6.04. The highest BCUT2D eigenvalue weighted by Gasteiger charge is 2.38. The molecular weight excluding hydrogens is 258 g/mol. The van der Waals surface area contributed by atoms with Crippen LogP contribution in [0, 0.1) is 5.41 Å². The fourth-order valence-electron chi connectivity index (χ4n) is 2.20. The summed E-state index contributed by atoms with van der Waals surface area (Å²) in [6.45, 7) is 1.55. The quantitative estimate of drug-likeness (QED) is 0.802. The van der Waals surface area contributed by atoms with Crippen molar-refractivity contribution in [2.24, 2.45) is 11.1 Å². The lowest BCUT2D eigenvalue weighted by molar-refractivity contribution is -0.132. The molecule has 0 unspecified atom stereocenters. The zero-order chi connectivity index (χ0) is 14.6. The number of anilines is 2. The third-order valence-electron chi connectivity index (χ3n) is 3.66. The van der Waals surface area contributed by atoms with Gasteiger partial charge in [-0.25, -0.2) is 4.98 Å². The number of nitrogens with two attached hydrogens (primary N) is 1. The van der Waals surface area contributed by atoms with Gasteiger partial charge in [-0.15, -0.1) is 0 Å². The number of nitrogens with one attached hydrogen (secondary N) is 1. The predicted molar refractivity (Wildman–Crippen MR) is 76.5 cm³/mol. The van der Waals surface area contributed by atoms with Crippen LogP contribution in [0.4, 0.5) is 11.8 Å². The van der Waals surface area contributed by atoms with Crippen LogP contribution in [0.5, 0.6) is 0 Å². The molecule has 1 aromatic heterocycles. The topological polar surface area (TPSA) is 93.4 Å². The van der Waals surface area contributed by atoms with Gasteiger partial charge in [-0.3, -0.25) is 4.79 Å². The molecule has 20 heavy (non-hydrogen) atoms. The summed E-state index contributed by atoms with van der Waals surface area (Å²) < 4.78 is 5.30. The molecule has 1 aliphatic rings. The smallest absolute Gasteiger partial charge is 0.225 e. The normalized spacial score (nSPS) is 17.5. The van der Waals surface area contributed by atoms with Gasteiger partial charge >= 0.3 is 0 Å². The molecule has 2 heterocycles. The summed E-state index contributed by atoms with van der Waals surface area (Å²) >= 11 is 0. The van der Waals surface area contributed by atoms with E-state index in [-0.39, 0.29) is 5.91 Å². The molecule has 0 saturated carbocycles. The minimum Gasteiger partial charge on any atom is -0.381 e. The monoisotopic (exact) mass is 279 g/mol. The Kier molecular flexibility index (Phi) is 4.39. The van der Waals surface area contributed by atoms with Gasteiger partial charge < -0.3 is 20.7 Å². The fourth-order valence-corrected chi connectivity index (χ4v) is 2.20. The van der Waals surface area contributed by atoms with Crippen LogP contribution >= 0.6 is 0 Å². The fraction of sp³-hybridized carbons (Fsp3) is 0.615. The van der Waals surface area contributed by atoms with E-state index in [9.17, 15) is 4.79 Å². The summed E-state index contributed by atoms with van der Waals surface area (Å²) in [6, 6.07) is 1.82. The Morgan fingerprint density at radius 1 is 1.50 bits per heavy atom. The lowest BCUT2D eigenvalue weighted by atomic mass is 9.79. The molecule has 3 N–H and O–H groups in total. The Bertz CT molecular complexity index is 472. The Morgan fingerprint density at radius 2 is 2.20 bits per heavy atom. The van der Waals surface area contributed by atoms with Gasteiger partial charge in [0.1, 0.15) is 5.82 Å². The number of hydrogen-bond acceptors (Lipinski definition) is 6. The third kappa shape index (κ3) is 3.16. The highest BCUT2D eigenvalue weighted by atomic mass is 16.5. The van der Waals surface area contributed by atoms with Gasteiger partial charge in [0.25, 0.3) is 0 Å². The second-order valence-electron chi connectivity index (χ2n) is 5.24. The van der Waals surface area contributed by atoms with Crippen LogP contribution < -0.4 is 16.0 Å². The highest BCUT2D eigenvalue weighted by Crippen LogP contribution is 2.30. The number of hydrogen-bond donors (Lipinski definition) is 2. The van der Waals surface area contributed by atoms with Gasteiger partial charge in [-0.1, -0.05) is 0 Å². The maximum absolute atomic E-state index is 11.8. The molecule has 7 nitrogen and oxygen atoms in total. The zero-order valence-electron chi connectivity index (χ0n) is 11.9. The van der Waals surface area contributed by atoms with Crippen molar-refractivity contribution >= 4 is 17.7 Å². The number of aromatic nitrogens is 2. The Hall–Kier alpha value is -1.89. The summed E-state index contributed by atoms with van der Waals surface area (Å²) in [6.07, 6.45) is 2.94. The summed E-state index contributed by atoms with van der Waals surface area (Å²) in [5.74, 6) is 1.02. The van der Waals surface area contributed by atoms with Crippen LogP contribution in [0.2, 0.25) is 0 Å². The first-order chi connectivity index (χ1) is 9.53. The molecule has 1 aromatic rings. The standard InChI is InChI=1S/C13H21N5O2/c1-18(2)10-3-6-15-12(17-10)16-9-13(11(14)19)4-7-20-8-5-13/h3,6H,4-5,7-9H2,1-2H3,(H2,14,19)(H,15,16,17). The van der Waals surface area contributed by atoms with Crippen molar-refractivity contribution < 1.29 is 9.53 Å². The van der Waals surface area contributed by atoms with Crippen LogP contribution in [0.1, 0.15) is 12.8 Å². The van der Waals surface area contributed by atoms with E-state index >= 15 is 0 Å². The van der Waals surface area contributed by atoms with Gasteiger partial charge in [-0.05, 0) is 18.9 Å². The number of primary amides is 1. The van der Waals surface area contributed by atoms with Crippen molar-refractivity contribution in [2.45, 2.75) is 12.8 Å². The molecule has 1 fully saturated rings.